The predicted octanol–water partition coefficient (Wildman–Crippen LogP) is -5.14. The highest BCUT2D eigenvalue weighted by Crippen LogP contribution is 2.29. The largest absolute Gasteiger partial charge is 0.479 e. The molecule has 0 aromatic rings. The number of carboxylic acids is 1. The van der Waals surface area contributed by atoms with E-state index in [1.54, 1.807) is 0 Å². The van der Waals surface area contributed by atoms with Crippen molar-refractivity contribution in [3.8, 4) is 0 Å². The van der Waals surface area contributed by atoms with E-state index in [1.165, 1.54) is 6.92 Å². The van der Waals surface area contributed by atoms with Gasteiger partial charge in [-0.1, -0.05) is 0 Å². The van der Waals surface area contributed by atoms with Crippen molar-refractivity contribution in [1.29, 1.82) is 0 Å². The second kappa shape index (κ2) is 15.0. The summed E-state index contributed by atoms with van der Waals surface area (Å²) in [6.45, 7) is 1.92. The molecule has 0 spiro atoms. The number of aliphatic carboxylic acids is 1. The van der Waals surface area contributed by atoms with Gasteiger partial charge < -0.3 is 70.1 Å². The average Bonchev–Trinajstić information content (AvgIpc) is 2.83. The maximum Gasteiger partial charge on any atom is 0.335 e. The maximum absolute atomic E-state index is 11.9. The minimum absolute atomic E-state index is 0.0346. The number of aliphatic hydroxyl groups is 5. The van der Waals surface area contributed by atoms with Crippen LogP contribution in [0.5, 0.6) is 0 Å². The normalized spacial score (nSPS) is 37.0. The van der Waals surface area contributed by atoms with Gasteiger partial charge in [-0.25, -0.2) is 4.79 Å². The molecule has 2 aliphatic heterocycles. The Balaban J connectivity index is 2.11. The van der Waals surface area contributed by atoms with Crippen LogP contribution >= 0.6 is 0 Å². The zero-order valence-corrected chi connectivity index (χ0v) is 19.7. The Hall–Kier alpha value is -1.54. The van der Waals surface area contributed by atoms with Crippen LogP contribution in [-0.2, 0) is 38.0 Å². The molecule has 1 amide bonds. The Kier molecular flexibility index (Phi) is 12.8. The monoisotopic (exact) mass is 528 g/mol. The summed E-state index contributed by atoms with van der Waals surface area (Å²) in [5.41, 5.74) is 5.32. The molecular formula is C20H36N2O14. The second-order valence-electron chi connectivity index (χ2n) is 8.16. The SMILES string of the molecule is CC(=O)N[C@H]1[C@H](OCCOCCOCCN)O[C@H](CO)[C@@H](O)[C@@H]1O[C@@H]1O[C@H](C(=O)O)[C@H](O)[C@H](O)[C@H]1O. The number of carboxylic acid groups (broad SMARTS) is 1. The van der Waals surface area contributed by atoms with E-state index in [1.807, 2.05) is 0 Å². The van der Waals surface area contributed by atoms with Gasteiger partial charge in [-0.15, -0.1) is 0 Å². The van der Waals surface area contributed by atoms with Gasteiger partial charge >= 0.3 is 5.97 Å². The standard InChI is InChI=1S/C20H36N2O14/c1-9(24)22-11-16(35-20-15(28)13(26)14(27)17(36-20)18(29)30)12(25)10(8-23)34-19(11)33-7-6-32-5-4-31-3-2-21/h10-17,19-20,23,25-28H,2-8,21H2,1H3,(H,22,24)(H,29,30)/t10-,11-,12-,13+,14-,15-,16-,17+,19-,20-/m1/s1. The Morgan fingerprint density at radius 2 is 1.53 bits per heavy atom. The van der Waals surface area contributed by atoms with Crippen LogP contribution in [0.25, 0.3) is 0 Å². The van der Waals surface area contributed by atoms with Crippen molar-refractivity contribution in [2.75, 3.05) is 46.2 Å². The lowest BCUT2D eigenvalue weighted by atomic mass is 9.95. The quantitative estimate of drug-likeness (QED) is 0.0982. The predicted molar refractivity (Wildman–Crippen MR) is 115 cm³/mol. The Labute approximate surface area is 206 Å². The number of nitrogens with two attached hydrogens (primary N) is 1. The van der Waals surface area contributed by atoms with E-state index in [0.29, 0.717) is 19.8 Å². The topological polar surface area (TPSA) is 249 Å². The third-order valence-electron chi connectivity index (χ3n) is 5.47. The van der Waals surface area contributed by atoms with Gasteiger partial charge in [0.15, 0.2) is 18.7 Å². The third-order valence-corrected chi connectivity index (χ3v) is 5.47. The number of ether oxygens (including phenoxy) is 6. The molecule has 0 saturated carbocycles. The molecule has 36 heavy (non-hydrogen) atoms. The molecule has 0 unspecified atom stereocenters. The van der Waals surface area contributed by atoms with Gasteiger partial charge in [-0.2, -0.15) is 0 Å². The maximum atomic E-state index is 11.9. The molecule has 2 aliphatic rings. The van der Waals surface area contributed by atoms with E-state index in [-0.39, 0.29) is 19.8 Å². The molecule has 16 heteroatoms. The molecule has 2 saturated heterocycles. The van der Waals surface area contributed by atoms with E-state index in [4.69, 9.17) is 34.2 Å². The number of carbonyl (C=O) groups excluding carboxylic acids is 1. The fourth-order valence-electron chi connectivity index (χ4n) is 3.71. The third kappa shape index (κ3) is 8.23. The first-order valence-corrected chi connectivity index (χ1v) is 11.4. The molecule has 2 heterocycles. The Morgan fingerprint density at radius 1 is 0.889 bits per heavy atom. The minimum atomic E-state index is -1.95. The van der Waals surface area contributed by atoms with Crippen molar-refractivity contribution in [2.24, 2.45) is 5.73 Å². The fourth-order valence-corrected chi connectivity index (χ4v) is 3.71. The van der Waals surface area contributed by atoms with Gasteiger partial charge in [0, 0.05) is 13.5 Å². The van der Waals surface area contributed by atoms with Gasteiger partial charge in [-0.3, -0.25) is 4.79 Å². The van der Waals surface area contributed by atoms with Crippen molar-refractivity contribution in [3.63, 3.8) is 0 Å². The number of rotatable bonds is 14. The second-order valence-corrected chi connectivity index (χ2v) is 8.16. The Morgan fingerprint density at radius 3 is 2.11 bits per heavy atom. The van der Waals surface area contributed by atoms with Crippen LogP contribution in [0.3, 0.4) is 0 Å². The molecule has 0 aliphatic carbocycles. The molecule has 10 atom stereocenters. The summed E-state index contributed by atoms with van der Waals surface area (Å²) in [5.74, 6) is -2.20. The van der Waals surface area contributed by atoms with E-state index >= 15 is 0 Å². The molecule has 210 valence electrons. The van der Waals surface area contributed by atoms with Crippen LogP contribution in [0.2, 0.25) is 0 Å². The van der Waals surface area contributed by atoms with E-state index in [2.05, 4.69) is 5.32 Å². The number of nitrogens with one attached hydrogen (secondary N) is 1. The van der Waals surface area contributed by atoms with Gasteiger partial charge in [-0.05, 0) is 0 Å². The van der Waals surface area contributed by atoms with Crippen molar-refractivity contribution < 1.29 is 68.6 Å². The number of amides is 1. The summed E-state index contributed by atoms with van der Waals surface area (Å²) in [5, 5.41) is 62.3. The van der Waals surface area contributed by atoms with Crippen LogP contribution in [-0.4, -0.2) is 150 Å². The smallest absolute Gasteiger partial charge is 0.335 e. The zero-order chi connectivity index (χ0) is 26.8. The van der Waals surface area contributed by atoms with Gasteiger partial charge in [0.25, 0.3) is 0 Å². The first-order chi connectivity index (χ1) is 17.1. The van der Waals surface area contributed by atoms with E-state index < -0.39 is 79.8 Å². The number of aliphatic hydroxyl groups excluding tert-OH is 5. The van der Waals surface area contributed by atoms with Gasteiger partial charge in [0.05, 0.1) is 39.6 Å². The zero-order valence-electron chi connectivity index (χ0n) is 19.7. The highest BCUT2D eigenvalue weighted by atomic mass is 16.7. The van der Waals surface area contributed by atoms with E-state index in [0.717, 1.165) is 0 Å². The number of hydrogen-bond acceptors (Lipinski definition) is 14. The molecule has 0 aromatic carbocycles. The van der Waals surface area contributed by atoms with E-state index in [9.17, 15) is 40.2 Å². The summed E-state index contributed by atoms with van der Waals surface area (Å²) < 4.78 is 32.5. The van der Waals surface area contributed by atoms with Crippen LogP contribution in [0, 0.1) is 0 Å². The minimum Gasteiger partial charge on any atom is -0.479 e. The molecule has 2 rings (SSSR count). The summed E-state index contributed by atoms with van der Waals surface area (Å²) in [7, 11) is 0. The summed E-state index contributed by atoms with van der Waals surface area (Å²) in [6.07, 6.45) is -15.2. The van der Waals surface area contributed by atoms with Crippen molar-refractivity contribution in [3.05, 3.63) is 0 Å². The molecular weight excluding hydrogens is 492 g/mol. The summed E-state index contributed by atoms with van der Waals surface area (Å²) in [6, 6.07) is -1.23. The fraction of sp³-hybridized carbons (Fsp3) is 0.900. The van der Waals surface area contributed by atoms with Crippen LogP contribution in [0.1, 0.15) is 6.92 Å². The first-order valence-electron chi connectivity index (χ1n) is 11.4. The summed E-state index contributed by atoms with van der Waals surface area (Å²) in [4.78, 5) is 23.3. The van der Waals surface area contributed by atoms with Crippen molar-refractivity contribution in [2.45, 2.75) is 68.3 Å². The Bertz CT molecular complexity index is 687. The van der Waals surface area contributed by atoms with Crippen molar-refractivity contribution in [1.82, 2.24) is 5.32 Å². The summed E-state index contributed by atoms with van der Waals surface area (Å²) >= 11 is 0. The molecule has 2 fully saturated rings. The lowest BCUT2D eigenvalue weighted by Crippen LogP contribution is -2.68. The highest BCUT2D eigenvalue weighted by Gasteiger charge is 2.52. The number of hydrogen-bond donors (Lipinski definition) is 8. The van der Waals surface area contributed by atoms with Crippen molar-refractivity contribution >= 4 is 11.9 Å². The van der Waals surface area contributed by atoms with Gasteiger partial charge in [0.1, 0.15) is 42.7 Å². The van der Waals surface area contributed by atoms with Crippen LogP contribution < -0.4 is 11.1 Å². The van der Waals surface area contributed by atoms with Gasteiger partial charge in [0.2, 0.25) is 5.91 Å². The lowest BCUT2D eigenvalue weighted by Gasteiger charge is -2.47. The average molecular weight is 529 g/mol. The highest BCUT2D eigenvalue weighted by molar-refractivity contribution is 5.73. The molecule has 0 bridgehead atoms. The van der Waals surface area contributed by atoms with Crippen LogP contribution in [0.15, 0.2) is 0 Å². The first kappa shape index (κ1) is 30.7. The van der Waals surface area contributed by atoms with Crippen LogP contribution in [0.4, 0.5) is 0 Å². The molecule has 0 aromatic heterocycles. The molecule has 9 N–H and O–H groups in total. The number of carbonyl (C=O) groups is 2. The lowest BCUT2D eigenvalue weighted by molar-refractivity contribution is -0.340. The molecule has 0 radical (unpaired) electrons. The molecule has 16 nitrogen and oxygen atoms in total.